The van der Waals surface area contributed by atoms with Gasteiger partial charge in [0.05, 0.1) is 11.4 Å². The highest BCUT2D eigenvalue weighted by atomic mass is 16.1. The second-order valence-electron chi connectivity index (χ2n) is 4.99. The number of benzene rings is 1. The van der Waals surface area contributed by atoms with E-state index in [0.29, 0.717) is 23.5 Å². The third kappa shape index (κ3) is 2.99. The van der Waals surface area contributed by atoms with Gasteiger partial charge in [-0.3, -0.25) is 4.79 Å². The number of Topliss-reactive ketones (excluding diaryl/α,β-unsaturated/α-hetero) is 1. The van der Waals surface area contributed by atoms with Gasteiger partial charge in [-0.25, -0.2) is 4.98 Å². The predicted octanol–water partition coefficient (Wildman–Crippen LogP) is 3.51. The molecule has 0 bridgehead atoms. The number of carbonyl (C=O) groups excluding carboxylic acids is 1. The Bertz CT molecular complexity index is 654. The van der Waals surface area contributed by atoms with Crippen LogP contribution in [0.1, 0.15) is 39.8 Å². The van der Waals surface area contributed by atoms with Crippen molar-refractivity contribution in [3.05, 3.63) is 64.5 Å². The van der Waals surface area contributed by atoms with Gasteiger partial charge in [0, 0.05) is 13.3 Å². The fourth-order valence-corrected chi connectivity index (χ4v) is 2.19. The molecule has 0 aliphatic rings. The predicted molar refractivity (Wildman–Crippen MR) is 80.7 cm³/mol. The van der Waals surface area contributed by atoms with E-state index < -0.39 is 0 Å². The Morgan fingerprint density at radius 2 is 1.60 bits per heavy atom. The summed E-state index contributed by atoms with van der Waals surface area (Å²) in [6.45, 7) is 5.59. The molecule has 0 aliphatic heterocycles. The van der Waals surface area contributed by atoms with Crippen molar-refractivity contribution in [3.63, 3.8) is 0 Å². The zero-order valence-electron chi connectivity index (χ0n) is 12.0. The Kier molecular flexibility index (Phi) is 4.08. The molecule has 1 heterocycles. The van der Waals surface area contributed by atoms with Gasteiger partial charge < -0.3 is 5.41 Å². The molecule has 0 amide bonds. The van der Waals surface area contributed by atoms with Crippen molar-refractivity contribution >= 4 is 11.5 Å². The summed E-state index contributed by atoms with van der Waals surface area (Å²) in [6.07, 6.45) is 0.535. The molecule has 3 heteroatoms. The first kappa shape index (κ1) is 14.1. The molecule has 1 aromatic carbocycles. The van der Waals surface area contributed by atoms with Crippen LogP contribution in [0.4, 0.5) is 0 Å². The van der Waals surface area contributed by atoms with Crippen molar-refractivity contribution in [1.29, 1.82) is 5.41 Å². The fraction of sp³-hybridized carbons (Fsp3) is 0.235. The minimum absolute atomic E-state index is 0.0771. The van der Waals surface area contributed by atoms with E-state index in [9.17, 15) is 4.79 Å². The molecule has 102 valence electrons. The SMILES string of the molecule is CC(=O)c1cccc(C(=N)Cc2c(C)cccc2C)n1. The normalized spacial score (nSPS) is 10.3. The van der Waals surface area contributed by atoms with E-state index in [1.807, 2.05) is 6.07 Å². The molecule has 0 spiro atoms. The topological polar surface area (TPSA) is 53.8 Å². The van der Waals surface area contributed by atoms with Crippen LogP contribution in [0.25, 0.3) is 0 Å². The van der Waals surface area contributed by atoms with E-state index in [4.69, 9.17) is 5.41 Å². The van der Waals surface area contributed by atoms with Crippen LogP contribution < -0.4 is 0 Å². The average Bonchev–Trinajstić information content (AvgIpc) is 2.43. The number of hydrogen-bond acceptors (Lipinski definition) is 3. The Morgan fingerprint density at radius 1 is 1.05 bits per heavy atom. The lowest BCUT2D eigenvalue weighted by Crippen LogP contribution is -2.10. The number of nitrogens with zero attached hydrogens (tertiary/aromatic N) is 1. The molecular weight excluding hydrogens is 248 g/mol. The van der Waals surface area contributed by atoms with E-state index in [-0.39, 0.29) is 5.78 Å². The molecule has 1 N–H and O–H groups in total. The van der Waals surface area contributed by atoms with Gasteiger partial charge >= 0.3 is 0 Å². The lowest BCUT2D eigenvalue weighted by atomic mass is 9.96. The molecule has 0 atom stereocenters. The van der Waals surface area contributed by atoms with Crippen molar-refractivity contribution in [2.24, 2.45) is 0 Å². The highest BCUT2D eigenvalue weighted by Gasteiger charge is 2.10. The summed E-state index contributed by atoms with van der Waals surface area (Å²) in [5.41, 5.74) is 4.93. The molecule has 0 saturated carbocycles. The van der Waals surface area contributed by atoms with Gasteiger partial charge in [0.2, 0.25) is 0 Å². The highest BCUT2D eigenvalue weighted by Crippen LogP contribution is 2.16. The van der Waals surface area contributed by atoms with E-state index in [1.54, 1.807) is 18.2 Å². The van der Waals surface area contributed by atoms with Crippen LogP contribution in [0.3, 0.4) is 0 Å². The first-order valence-corrected chi connectivity index (χ1v) is 6.60. The molecule has 2 aromatic rings. The fourth-order valence-electron chi connectivity index (χ4n) is 2.19. The monoisotopic (exact) mass is 266 g/mol. The smallest absolute Gasteiger partial charge is 0.178 e. The summed E-state index contributed by atoms with van der Waals surface area (Å²) >= 11 is 0. The quantitative estimate of drug-likeness (QED) is 0.680. The van der Waals surface area contributed by atoms with Crippen molar-refractivity contribution in [2.75, 3.05) is 0 Å². The molecule has 20 heavy (non-hydrogen) atoms. The van der Waals surface area contributed by atoms with Gasteiger partial charge in [-0.05, 0) is 42.7 Å². The number of ketones is 1. The molecule has 3 nitrogen and oxygen atoms in total. The van der Waals surface area contributed by atoms with Gasteiger partial charge in [-0.15, -0.1) is 0 Å². The van der Waals surface area contributed by atoms with Crippen LogP contribution in [0.15, 0.2) is 36.4 Å². The summed E-state index contributed by atoms with van der Waals surface area (Å²) < 4.78 is 0. The third-order valence-corrected chi connectivity index (χ3v) is 3.42. The molecule has 0 unspecified atom stereocenters. The molecule has 0 fully saturated rings. The van der Waals surface area contributed by atoms with E-state index in [0.717, 1.165) is 5.56 Å². The van der Waals surface area contributed by atoms with Crippen LogP contribution >= 0.6 is 0 Å². The van der Waals surface area contributed by atoms with Crippen LogP contribution in [-0.2, 0) is 6.42 Å². The van der Waals surface area contributed by atoms with Crippen molar-refractivity contribution in [1.82, 2.24) is 4.98 Å². The maximum atomic E-state index is 11.4. The molecule has 1 aromatic heterocycles. The Morgan fingerprint density at radius 3 is 2.20 bits per heavy atom. The number of aromatic nitrogens is 1. The Hall–Kier alpha value is -2.29. The van der Waals surface area contributed by atoms with Crippen molar-refractivity contribution < 1.29 is 4.79 Å². The van der Waals surface area contributed by atoms with Crippen molar-refractivity contribution in [2.45, 2.75) is 27.2 Å². The number of hydrogen-bond donors (Lipinski definition) is 1. The Balaban J connectivity index is 2.29. The summed E-state index contributed by atoms with van der Waals surface area (Å²) in [5, 5.41) is 8.22. The van der Waals surface area contributed by atoms with E-state index >= 15 is 0 Å². The van der Waals surface area contributed by atoms with Crippen LogP contribution in [-0.4, -0.2) is 16.5 Å². The number of pyridine rings is 1. The lowest BCUT2D eigenvalue weighted by molar-refractivity contribution is 0.101. The minimum Gasteiger partial charge on any atom is -0.303 e. The highest BCUT2D eigenvalue weighted by molar-refractivity contribution is 6.00. The molecule has 2 rings (SSSR count). The van der Waals surface area contributed by atoms with Gasteiger partial charge in [0.1, 0.15) is 5.69 Å². The molecule has 0 aliphatic carbocycles. The average molecular weight is 266 g/mol. The van der Waals surface area contributed by atoms with Gasteiger partial charge in [0.25, 0.3) is 0 Å². The van der Waals surface area contributed by atoms with Crippen LogP contribution in [0.5, 0.6) is 0 Å². The van der Waals surface area contributed by atoms with E-state index in [1.165, 1.54) is 18.1 Å². The first-order valence-electron chi connectivity index (χ1n) is 6.60. The number of carbonyl (C=O) groups is 1. The number of aryl methyl sites for hydroxylation is 2. The zero-order chi connectivity index (χ0) is 14.7. The van der Waals surface area contributed by atoms with Crippen molar-refractivity contribution in [3.8, 4) is 0 Å². The Labute approximate surface area is 119 Å². The second kappa shape index (κ2) is 5.78. The van der Waals surface area contributed by atoms with Crippen LogP contribution in [0.2, 0.25) is 0 Å². The minimum atomic E-state index is -0.0771. The van der Waals surface area contributed by atoms with Gasteiger partial charge in [-0.2, -0.15) is 0 Å². The first-order chi connectivity index (χ1) is 9.49. The molecule has 0 radical (unpaired) electrons. The maximum absolute atomic E-state index is 11.4. The largest absolute Gasteiger partial charge is 0.303 e. The van der Waals surface area contributed by atoms with Gasteiger partial charge in [0.15, 0.2) is 5.78 Å². The molecule has 0 saturated heterocycles. The maximum Gasteiger partial charge on any atom is 0.178 e. The molecular formula is C17H18N2O. The van der Waals surface area contributed by atoms with E-state index in [2.05, 4.69) is 31.0 Å². The summed E-state index contributed by atoms with van der Waals surface area (Å²) in [4.78, 5) is 15.6. The summed E-state index contributed by atoms with van der Waals surface area (Å²) in [7, 11) is 0. The standard InChI is InChI=1S/C17H18N2O/c1-11-6-4-7-12(2)14(11)10-15(18)17-9-5-8-16(19-17)13(3)20/h4-9,18H,10H2,1-3H3. The summed E-state index contributed by atoms with van der Waals surface area (Å²) in [5.74, 6) is -0.0771. The number of rotatable bonds is 4. The zero-order valence-corrected chi connectivity index (χ0v) is 12.0. The summed E-state index contributed by atoms with van der Waals surface area (Å²) in [6, 6.07) is 11.4. The number of nitrogens with one attached hydrogen (secondary N) is 1. The van der Waals surface area contributed by atoms with Crippen LogP contribution in [0, 0.1) is 19.3 Å². The van der Waals surface area contributed by atoms with Gasteiger partial charge in [-0.1, -0.05) is 24.3 Å². The second-order valence-corrected chi connectivity index (χ2v) is 4.99. The lowest BCUT2D eigenvalue weighted by Gasteiger charge is -2.10. The third-order valence-electron chi connectivity index (χ3n) is 3.42.